The third-order valence-corrected chi connectivity index (χ3v) is 4.98. The molecule has 1 aromatic rings. The Morgan fingerprint density at radius 2 is 1.95 bits per heavy atom. The van der Waals surface area contributed by atoms with Crippen LogP contribution in [0.2, 0.25) is 0 Å². The Bertz CT molecular complexity index is 530. The van der Waals surface area contributed by atoms with Crippen molar-refractivity contribution >= 4 is 10.0 Å². The lowest BCUT2D eigenvalue weighted by Gasteiger charge is -2.12. The van der Waals surface area contributed by atoms with Crippen LogP contribution >= 0.6 is 0 Å². The fraction of sp³-hybridized carbons (Fsp3) is 0.600. The van der Waals surface area contributed by atoms with E-state index in [0.717, 1.165) is 37.0 Å². The standard InChI is InChI=1S/C15H26N2O3S/c1-13-14(12-16-2)8-7-9-15(13)21(18,19)17-10-5-4-6-11-20-3/h7-9,16-17H,4-6,10-12H2,1-3H3. The molecular formula is C15H26N2O3S. The molecule has 0 saturated carbocycles. The highest BCUT2D eigenvalue weighted by atomic mass is 32.2. The Kier molecular flexibility index (Phi) is 7.88. The van der Waals surface area contributed by atoms with Crippen LogP contribution in [-0.4, -0.2) is 35.7 Å². The minimum absolute atomic E-state index is 0.368. The van der Waals surface area contributed by atoms with Gasteiger partial charge in [0.1, 0.15) is 0 Å². The number of sulfonamides is 1. The maximum atomic E-state index is 12.3. The van der Waals surface area contributed by atoms with Crippen LogP contribution in [-0.2, 0) is 21.3 Å². The van der Waals surface area contributed by atoms with Gasteiger partial charge in [-0.1, -0.05) is 12.1 Å². The molecule has 0 amide bonds. The molecule has 21 heavy (non-hydrogen) atoms. The topological polar surface area (TPSA) is 67.4 Å². The molecule has 0 aromatic heterocycles. The molecule has 0 heterocycles. The Morgan fingerprint density at radius 1 is 1.19 bits per heavy atom. The second-order valence-electron chi connectivity index (χ2n) is 5.02. The van der Waals surface area contributed by atoms with Crippen molar-refractivity contribution in [2.45, 2.75) is 37.6 Å². The quantitative estimate of drug-likeness (QED) is 0.646. The molecule has 0 saturated heterocycles. The van der Waals surface area contributed by atoms with Gasteiger partial charge >= 0.3 is 0 Å². The number of methoxy groups -OCH3 is 1. The summed E-state index contributed by atoms with van der Waals surface area (Å²) in [6.45, 7) is 3.69. The zero-order valence-corrected chi connectivity index (χ0v) is 13.9. The van der Waals surface area contributed by atoms with Gasteiger partial charge < -0.3 is 10.1 Å². The van der Waals surface area contributed by atoms with Crippen molar-refractivity contribution in [3.63, 3.8) is 0 Å². The second-order valence-corrected chi connectivity index (χ2v) is 6.76. The van der Waals surface area contributed by atoms with E-state index in [2.05, 4.69) is 10.0 Å². The molecule has 2 N–H and O–H groups in total. The molecule has 0 radical (unpaired) electrons. The van der Waals surface area contributed by atoms with Gasteiger partial charge in [-0.05, 0) is 50.4 Å². The molecule has 1 aromatic carbocycles. The maximum Gasteiger partial charge on any atom is 0.240 e. The van der Waals surface area contributed by atoms with Crippen molar-refractivity contribution in [2.75, 3.05) is 27.3 Å². The van der Waals surface area contributed by atoms with E-state index < -0.39 is 10.0 Å². The molecule has 6 heteroatoms. The van der Waals surface area contributed by atoms with Crippen molar-refractivity contribution in [3.05, 3.63) is 29.3 Å². The van der Waals surface area contributed by atoms with Crippen molar-refractivity contribution < 1.29 is 13.2 Å². The van der Waals surface area contributed by atoms with Gasteiger partial charge in [0.2, 0.25) is 10.0 Å². The summed E-state index contributed by atoms with van der Waals surface area (Å²) < 4.78 is 32.3. The van der Waals surface area contributed by atoms with Gasteiger partial charge in [-0.15, -0.1) is 0 Å². The van der Waals surface area contributed by atoms with E-state index in [1.807, 2.05) is 20.0 Å². The predicted molar refractivity (Wildman–Crippen MR) is 84.9 cm³/mol. The van der Waals surface area contributed by atoms with Crippen LogP contribution in [0.25, 0.3) is 0 Å². The first-order valence-corrected chi connectivity index (χ1v) is 8.73. The van der Waals surface area contributed by atoms with Crippen molar-refractivity contribution in [1.29, 1.82) is 0 Å². The van der Waals surface area contributed by atoms with E-state index in [1.54, 1.807) is 19.2 Å². The zero-order valence-electron chi connectivity index (χ0n) is 13.1. The van der Waals surface area contributed by atoms with Crippen LogP contribution in [0.4, 0.5) is 0 Å². The van der Waals surface area contributed by atoms with E-state index in [-0.39, 0.29) is 0 Å². The Hall–Kier alpha value is -0.950. The molecular weight excluding hydrogens is 288 g/mol. The molecule has 0 spiro atoms. The Labute approximate surface area is 128 Å². The normalized spacial score (nSPS) is 11.8. The van der Waals surface area contributed by atoms with Gasteiger partial charge in [-0.2, -0.15) is 0 Å². The Balaban J connectivity index is 2.64. The highest BCUT2D eigenvalue weighted by Crippen LogP contribution is 2.18. The molecule has 0 bridgehead atoms. The maximum absolute atomic E-state index is 12.3. The number of unbranched alkanes of at least 4 members (excludes halogenated alkanes) is 2. The first-order chi connectivity index (χ1) is 10.0. The van der Waals surface area contributed by atoms with Crippen LogP contribution in [0.1, 0.15) is 30.4 Å². The Morgan fingerprint density at radius 3 is 2.62 bits per heavy atom. The van der Waals surface area contributed by atoms with Crippen molar-refractivity contribution in [2.24, 2.45) is 0 Å². The smallest absolute Gasteiger partial charge is 0.240 e. The first kappa shape index (κ1) is 18.1. The van der Waals surface area contributed by atoms with Gasteiger partial charge in [0.15, 0.2) is 0 Å². The van der Waals surface area contributed by atoms with Gasteiger partial charge in [0, 0.05) is 26.8 Å². The highest BCUT2D eigenvalue weighted by molar-refractivity contribution is 7.89. The summed E-state index contributed by atoms with van der Waals surface area (Å²) in [5.74, 6) is 0. The van der Waals surface area contributed by atoms with Gasteiger partial charge in [0.05, 0.1) is 4.90 Å². The number of ether oxygens (including phenoxy) is 1. The van der Waals surface area contributed by atoms with E-state index >= 15 is 0 Å². The summed E-state index contributed by atoms with van der Waals surface area (Å²) in [6.07, 6.45) is 2.72. The molecule has 0 aliphatic heterocycles. The fourth-order valence-electron chi connectivity index (χ4n) is 2.17. The van der Waals surface area contributed by atoms with E-state index in [9.17, 15) is 8.42 Å². The lowest BCUT2D eigenvalue weighted by atomic mass is 10.1. The predicted octanol–water partition coefficient (Wildman–Crippen LogP) is 1.81. The molecule has 0 atom stereocenters. The van der Waals surface area contributed by atoms with Crippen LogP contribution < -0.4 is 10.0 Å². The molecule has 1 rings (SSSR count). The number of hydrogen-bond acceptors (Lipinski definition) is 4. The van der Waals surface area contributed by atoms with Gasteiger partial charge in [-0.25, -0.2) is 13.1 Å². The van der Waals surface area contributed by atoms with E-state index in [0.29, 0.717) is 18.0 Å². The highest BCUT2D eigenvalue weighted by Gasteiger charge is 2.17. The van der Waals surface area contributed by atoms with Crippen molar-refractivity contribution in [1.82, 2.24) is 10.0 Å². The van der Waals surface area contributed by atoms with E-state index in [4.69, 9.17) is 4.74 Å². The van der Waals surface area contributed by atoms with Gasteiger partial charge in [-0.3, -0.25) is 0 Å². The van der Waals surface area contributed by atoms with Crippen molar-refractivity contribution in [3.8, 4) is 0 Å². The van der Waals surface area contributed by atoms with Crippen LogP contribution in [0.5, 0.6) is 0 Å². The fourth-order valence-corrected chi connectivity index (χ4v) is 3.53. The molecule has 0 unspecified atom stereocenters. The van der Waals surface area contributed by atoms with Crippen LogP contribution in [0, 0.1) is 6.92 Å². The average Bonchev–Trinajstić information content (AvgIpc) is 2.45. The summed E-state index contributed by atoms with van der Waals surface area (Å²) in [7, 11) is 0.0828. The third kappa shape index (κ3) is 5.74. The summed E-state index contributed by atoms with van der Waals surface area (Å²) in [5.41, 5.74) is 1.80. The number of nitrogens with one attached hydrogen (secondary N) is 2. The SMILES string of the molecule is CNCc1cccc(S(=O)(=O)NCCCCCOC)c1C. The largest absolute Gasteiger partial charge is 0.385 e. The van der Waals surface area contributed by atoms with E-state index in [1.165, 1.54) is 0 Å². The minimum atomic E-state index is -3.43. The molecule has 0 aliphatic carbocycles. The second kappa shape index (κ2) is 9.15. The molecule has 0 fully saturated rings. The van der Waals surface area contributed by atoms with Crippen LogP contribution in [0.15, 0.2) is 23.1 Å². The summed E-state index contributed by atoms with van der Waals surface area (Å²) in [6, 6.07) is 5.38. The summed E-state index contributed by atoms with van der Waals surface area (Å²) in [4.78, 5) is 0.368. The molecule has 5 nitrogen and oxygen atoms in total. The monoisotopic (exact) mass is 314 g/mol. The average molecular weight is 314 g/mol. The molecule has 0 aliphatic rings. The molecule has 120 valence electrons. The first-order valence-electron chi connectivity index (χ1n) is 7.24. The number of rotatable bonds is 10. The van der Waals surface area contributed by atoms with Gasteiger partial charge in [0.25, 0.3) is 0 Å². The lowest BCUT2D eigenvalue weighted by molar-refractivity contribution is 0.192. The lowest BCUT2D eigenvalue weighted by Crippen LogP contribution is -2.26. The summed E-state index contributed by atoms with van der Waals surface area (Å²) >= 11 is 0. The minimum Gasteiger partial charge on any atom is -0.385 e. The number of hydrogen-bond donors (Lipinski definition) is 2. The third-order valence-electron chi connectivity index (χ3n) is 3.37. The zero-order chi connectivity index (χ0) is 15.7. The number of benzene rings is 1. The summed E-state index contributed by atoms with van der Waals surface area (Å²) in [5, 5.41) is 3.05. The van der Waals surface area contributed by atoms with Crippen LogP contribution in [0.3, 0.4) is 0 Å².